The van der Waals surface area contributed by atoms with E-state index in [1.165, 1.54) is 6.20 Å². The van der Waals surface area contributed by atoms with Crippen LogP contribution in [-0.4, -0.2) is 41.5 Å². The maximum atomic E-state index is 12.0. The van der Waals surface area contributed by atoms with E-state index in [1.54, 1.807) is 12.1 Å². The van der Waals surface area contributed by atoms with Crippen molar-refractivity contribution in [3.05, 3.63) is 24.0 Å². The first kappa shape index (κ1) is 15.4. The van der Waals surface area contributed by atoms with E-state index in [4.69, 9.17) is 5.84 Å². The Hall–Kier alpha value is -1.66. The molecular weight excluding hydrogens is 242 g/mol. The minimum Gasteiger partial charge on any atom is -0.347 e. The molecule has 4 N–H and O–H groups in total. The molecule has 0 fully saturated rings. The highest BCUT2D eigenvalue weighted by Gasteiger charge is 2.12. The first-order valence-corrected chi connectivity index (χ1v) is 6.56. The van der Waals surface area contributed by atoms with Gasteiger partial charge in [-0.2, -0.15) is 0 Å². The Labute approximate surface area is 114 Å². The van der Waals surface area contributed by atoms with Crippen molar-refractivity contribution in [3.63, 3.8) is 0 Å². The lowest BCUT2D eigenvalue weighted by Crippen LogP contribution is -2.42. The highest BCUT2D eigenvalue weighted by atomic mass is 16.1. The summed E-state index contributed by atoms with van der Waals surface area (Å²) >= 11 is 0. The number of likely N-dealkylation sites (N-methyl/N-ethyl adjacent to an activating group) is 1. The zero-order valence-electron chi connectivity index (χ0n) is 11.8. The lowest BCUT2D eigenvalue weighted by atomic mass is 10.2. The first-order chi connectivity index (χ1) is 9.10. The zero-order valence-corrected chi connectivity index (χ0v) is 11.8. The first-order valence-electron chi connectivity index (χ1n) is 6.56. The van der Waals surface area contributed by atoms with Crippen molar-refractivity contribution in [1.29, 1.82) is 0 Å². The number of hydrazine groups is 1. The van der Waals surface area contributed by atoms with Crippen molar-refractivity contribution < 1.29 is 4.79 Å². The molecule has 6 heteroatoms. The van der Waals surface area contributed by atoms with Crippen molar-refractivity contribution in [1.82, 2.24) is 15.2 Å². The molecule has 1 aromatic rings. The number of nitrogens with one attached hydrogen (secondary N) is 2. The van der Waals surface area contributed by atoms with Gasteiger partial charge in [0.25, 0.3) is 5.91 Å². The Bertz CT molecular complexity index is 389. The predicted molar refractivity (Wildman–Crippen MR) is 76.8 cm³/mol. The number of nitrogens with two attached hydrogens (primary N) is 1. The van der Waals surface area contributed by atoms with Crippen molar-refractivity contribution >= 4 is 11.6 Å². The smallest absolute Gasteiger partial charge is 0.270 e. The average molecular weight is 265 g/mol. The summed E-state index contributed by atoms with van der Waals surface area (Å²) < 4.78 is 0. The van der Waals surface area contributed by atoms with Gasteiger partial charge >= 0.3 is 0 Å². The lowest BCUT2D eigenvalue weighted by molar-refractivity contribution is 0.0925. The average Bonchev–Trinajstić information content (AvgIpc) is 2.44. The molecule has 19 heavy (non-hydrogen) atoms. The molecule has 0 radical (unpaired) electrons. The Morgan fingerprint density at radius 2 is 2.11 bits per heavy atom. The number of carbonyl (C=O) groups excluding carboxylic acids is 1. The largest absolute Gasteiger partial charge is 0.347 e. The molecule has 0 aliphatic heterocycles. The molecule has 6 nitrogen and oxygen atoms in total. The van der Waals surface area contributed by atoms with Crippen LogP contribution in [0, 0.1) is 0 Å². The molecule has 1 aromatic heterocycles. The highest BCUT2D eigenvalue weighted by molar-refractivity contribution is 5.92. The van der Waals surface area contributed by atoms with Crippen molar-refractivity contribution in [3.8, 4) is 0 Å². The van der Waals surface area contributed by atoms with E-state index < -0.39 is 0 Å². The van der Waals surface area contributed by atoms with Crippen LogP contribution in [0.2, 0.25) is 0 Å². The van der Waals surface area contributed by atoms with Gasteiger partial charge in [-0.05, 0) is 32.1 Å². The maximum Gasteiger partial charge on any atom is 0.270 e. The lowest BCUT2D eigenvalue weighted by Gasteiger charge is -2.23. The number of nitrogen functional groups attached to an aromatic ring is 1. The number of anilines is 1. The third kappa shape index (κ3) is 4.84. The molecule has 0 saturated heterocycles. The van der Waals surface area contributed by atoms with Gasteiger partial charge < -0.3 is 15.6 Å². The normalized spacial score (nSPS) is 12.3. The molecular formula is C13H23N5O. The number of aromatic nitrogens is 1. The summed E-state index contributed by atoms with van der Waals surface area (Å²) in [4.78, 5) is 18.3. The summed E-state index contributed by atoms with van der Waals surface area (Å²) in [5.41, 5.74) is 3.54. The van der Waals surface area contributed by atoms with Gasteiger partial charge in [0, 0.05) is 12.6 Å². The molecule has 0 aromatic carbocycles. The number of nitrogens with zero attached hydrogens (tertiary/aromatic N) is 2. The van der Waals surface area contributed by atoms with Crippen LogP contribution < -0.4 is 16.6 Å². The summed E-state index contributed by atoms with van der Waals surface area (Å²) in [6.45, 7) is 9.00. The van der Waals surface area contributed by atoms with E-state index in [0.29, 0.717) is 11.4 Å². The van der Waals surface area contributed by atoms with Crippen LogP contribution in [0.15, 0.2) is 18.3 Å². The number of rotatable bonds is 7. The molecule has 1 atom stereocenters. The van der Waals surface area contributed by atoms with E-state index in [0.717, 1.165) is 19.6 Å². The fourth-order valence-corrected chi connectivity index (χ4v) is 1.83. The van der Waals surface area contributed by atoms with Gasteiger partial charge in [-0.1, -0.05) is 13.8 Å². The Morgan fingerprint density at radius 1 is 1.42 bits per heavy atom. The molecule has 1 amide bonds. The number of hydrogen-bond acceptors (Lipinski definition) is 5. The van der Waals surface area contributed by atoms with E-state index in [2.05, 4.69) is 34.5 Å². The van der Waals surface area contributed by atoms with Gasteiger partial charge in [-0.3, -0.25) is 10.6 Å². The van der Waals surface area contributed by atoms with Crippen LogP contribution in [0.1, 0.15) is 31.3 Å². The molecule has 0 bridgehead atoms. The summed E-state index contributed by atoms with van der Waals surface area (Å²) in [7, 11) is 0. The van der Waals surface area contributed by atoms with Crippen LogP contribution in [0.3, 0.4) is 0 Å². The van der Waals surface area contributed by atoms with Crippen molar-refractivity contribution in [2.24, 2.45) is 5.84 Å². The standard InChI is InChI=1S/C13H23N5O/c1-4-18(5-2)9-10(3)16-13(19)12-7-6-11(17-14)8-15-12/h6-8,10,17H,4-5,9,14H2,1-3H3,(H,16,19). The van der Waals surface area contributed by atoms with E-state index in [1.807, 2.05) is 6.92 Å². The van der Waals surface area contributed by atoms with Crippen LogP contribution in [0.5, 0.6) is 0 Å². The van der Waals surface area contributed by atoms with E-state index >= 15 is 0 Å². The van der Waals surface area contributed by atoms with E-state index in [9.17, 15) is 4.79 Å². The topological polar surface area (TPSA) is 83.3 Å². The fourth-order valence-electron chi connectivity index (χ4n) is 1.83. The molecule has 0 saturated carbocycles. The molecule has 1 rings (SSSR count). The van der Waals surface area contributed by atoms with Gasteiger partial charge in [-0.25, -0.2) is 4.98 Å². The molecule has 1 heterocycles. The predicted octanol–water partition coefficient (Wildman–Crippen LogP) is 0.827. The highest BCUT2D eigenvalue weighted by Crippen LogP contribution is 2.04. The number of pyridine rings is 1. The number of hydrogen-bond donors (Lipinski definition) is 3. The second-order valence-electron chi connectivity index (χ2n) is 4.44. The van der Waals surface area contributed by atoms with Gasteiger partial charge in [0.15, 0.2) is 0 Å². The third-order valence-electron chi connectivity index (χ3n) is 2.97. The van der Waals surface area contributed by atoms with Gasteiger partial charge in [0.2, 0.25) is 0 Å². The fraction of sp³-hybridized carbons (Fsp3) is 0.538. The van der Waals surface area contributed by atoms with Crippen LogP contribution in [-0.2, 0) is 0 Å². The minimum atomic E-state index is -0.164. The molecule has 0 aliphatic carbocycles. The molecule has 106 valence electrons. The van der Waals surface area contributed by atoms with Crippen LogP contribution in [0.25, 0.3) is 0 Å². The Kier molecular flexibility index (Phi) is 6.24. The van der Waals surface area contributed by atoms with Gasteiger partial charge in [0.05, 0.1) is 11.9 Å². The SMILES string of the molecule is CCN(CC)CC(C)NC(=O)c1ccc(NN)cn1. The summed E-state index contributed by atoms with van der Waals surface area (Å²) in [5, 5.41) is 2.94. The monoisotopic (exact) mass is 265 g/mol. The van der Waals surface area contributed by atoms with Gasteiger partial charge in [-0.15, -0.1) is 0 Å². The molecule has 0 aliphatic rings. The second-order valence-corrected chi connectivity index (χ2v) is 4.44. The summed E-state index contributed by atoms with van der Waals surface area (Å²) in [6, 6.07) is 3.45. The summed E-state index contributed by atoms with van der Waals surface area (Å²) in [6.07, 6.45) is 1.53. The zero-order chi connectivity index (χ0) is 14.3. The Morgan fingerprint density at radius 3 is 2.58 bits per heavy atom. The van der Waals surface area contributed by atoms with E-state index in [-0.39, 0.29) is 11.9 Å². The maximum absolute atomic E-state index is 12.0. The van der Waals surface area contributed by atoms with Crippen molar-refractivity contribution in [2.75, 3.05) is 25.1 Å². The molecule has 0 spiro atoms. The molecule has 1 unspecified atom stereocenters. The Balaban J connectivity index is 2.53. The van der Waals surface area contributed by atoms with Crippen molar-refractivity contribution in [2.45, 2.75) is 26.8 Å². The third-order valence-corrected chi connectivity index (χ3v) is 2.97. The van der Waals surface area contributed by atoms with Crippen LogP contribution in [0.4, 0.5) is 5.69 Å². The number of amides is 1. The van der Waals surface area contributed by atoms with Crippen LogP contribution >= 0.6 is 0 Å². The quantitative estimate of drug-likeness (QED) is 0.502. The number of carbonyl (C=O) groups is 1. The van der Waals surface area contributed by atoms with Gasteiger partial charge in [0.1, 0.15) is 5.69 Å². The minimum absolute atomic E-state index is 0.0847. The summed E-state index contributed by atoms with van der Waals surface area (Å²) in [5.74, 6) is 5.08. The second kappa shape index (κ2) is 7.70.